The molecule has 16 nitrogen and oxygen atoms in total. The summed E-state index contributed by atoms with van der Waals surface area (Å²) < 4.78 is 6.67. The maximum absolute atomic E-state index is 13.6. The van der Waals surface area contributed by atoms with Gasteiger partial charge >= 0.3 is 12.2 Å². The van der Waals surface area contributed by atoms with E-state index in [1.165, 1.54) is 29.8 Å². The van der Waals surface area contributed by atoms with Gasteiger partial charge in [0.15, 0.2) is 0 Å². The number of benzene rings is 1. The molecular formula is C35H42N10O6S2. The molecule has 7 rings (SSSR count). The summed E-state index contributed by atoms with van der Waals surface area (Å²) >= 11 is 3.04. The first-order valence-electron chi connectivity index (χ1n) is 17.7. The number of alkyl carbamates (subject to hydrolysis) is 1. The van der Waals surface area contributed by atoms with Gasteiger partial charge in [0.25, 0.3) is 0 Å². The number of aromatic amines is 2. The number of hydrogen-bond donors (Lipinski definition) is 5. The third-order valence-corrected chi connectivity index (χ3v) is 12.0. The SMILES string of the molecule is COC(=O)N[C@@H](C(=O)N1CCC[C@H]1c1ncc(-c2nc3cc4sc(-c5cnc([C@@H]6CCCN6C(=O)[C@H](NC(=O)O)C(C)C)[nH]5)nc4cc3s2)[nH]1)C(C)C. The van der Waals surface area contributed by atoms with Gasteiger partial charge in [0.05, 0.1) is 63.4 Å². The summed E-state index contributed by atoms with van der Waals surface area (Å²) in [5.41, 5.74) is 3.15. The summed E-state index contributed by atoms with van der Waals surface area (Å²) in [6, 6.07) is 1.98. The van der Waals surface area contributed by atoms with Gasteiger partial charge in [-0.2, -0.15) is 0 Å². The number of likely N-dealkylation sites (tertiary alicyclic amines) is 2. The number of aromatic nitrogens is 6. The van der Waals surface area contributed by atoms with E-state index in [0.29, 0.717) is 24.7 Å². The molecule has 2 fully saturated rings. The fourth-order valence-electron chi connectivity index (χ4n) is 7.14. The fraction of sp³-hybridized carbons (Fsp3) is 0.486. The molecule has 6 heterocycles. The van der Waals surface area contributed by atoms with Crippen molar-refractivity contribution in [2.24, 2.45) is 11.8 Å². The first-order valence-corrected chi connectivity index (χ1v) is 19.3. The third kappa shape index (κ3) is 7.16. The highest BCUT2D eigenvalue weighted by molar-refractivity contribution is 7.23. The smallest absolute Gasteiger partial charge is 0.407 e. The second-order valence-corrected chi connectivity index (χ2v) is 16.2. The molecule has 2 aliphatic rings. The van der Waals surface area contributed by atoms with Crippen LogP contribution >= 0.6 is 22.7 Å². The predicted octanol–water partition coefficient (Wildman–Crippen LogP) is 5.69. The lowest BCUT2D eigenvalue weighted by Crippen LogP contribution is -2.51. The number of rotatable bonds is 10. The van der Waals surface area contributed by atoms with Crippen molar-refractivity contribution >= 4 is 67.1 Å². The molecule has 18 heteroatoms. The van der Waals surface area contributed by atoms with Crippen LogP contribution in [0, 0.1) is 11.8 Å². The van der Waals surface area contributed by atoms with Crippen LogP contribution in [-0.2, 0) is 14.3 Å². The number of amides is 4. The Morgan fingerprint density at radius 1 is 0.792 bits per heavy atom. The topological polar surface area (TPSA) is 211 Å². The molecule has 0 saturated carbocycles. The standard InChI is InChI=1S/C35H42N10O6S2/c1-16(2)26(42-34(48)49)32(46)44-10-6-8-22(44)28-36-14-20(38-28)30-40-18-12-25-19(13-24(18)52-30)41-31(53-25)21-15-37-29(39-21)23-9-7-11-45(23)33(47)27(17(3)4)43-35(50)51-5/h12-17,22-23,26-27,42H,6-11H2,1-5H3,(H,36,38)(H,37,39)(H,43,50)(H,48,49)/t22-,23-,26+,27+/m0/s1. The summed E-state index contributed by atoms with van der Waals surface area (Å²) in [5.74, 6) is 0.597. The van der Waals surface area contributed by atoms with Crippen molar-refractivity contribution in [2.75, 3.05) is 20.2 Å². The summed E-state index contributed by atoms with van der Waals surface area (Å²) in [4.78, 5) is 79.6. The van der Waals surface area contributed by atoms with E-state index in [1.807, 2.05) is 39.8 Å². The van der Waals surface area contributed by atoms with Gasteiger partial charge in [0, 0.05) is 13.1 Å². The van der Waals surface area contributed by atoms with Gasteiger partial charge in [-0.15, -0.1) is 22.7 Å². The number of fused-ring (bicyclic) bond motifs is 2. The maximum atomic E-state index is 13.6. The van der Waals surface area contributed by atoms with Crippen molar-refractivity contribution in [3.63, 3.8) is 0 Å². The molecule has 0 aliphatic carbocycles. The first kappa shape index (κ1) is 36.3. The van der Waals surface area contributed by atoms with E-state index in [0.717, 1.165) is 67.5 Å². The zero-order chi connectivity index (χ0) is 37.6. The Labute approximate surface area is 312 Å². The zero-order valence-corrected chi connectivity index (χ0v) is 31.6. The largest absolute Gasteiger partial charge is 0.465 e. The number of hydrogen-bond acceptors (Lipinski definition) is 11. The first-order chi connectivity index (χ1) is 25.4. The van der Waals surface area contributed by atoms with Crippen LogP contribution in [0.25, 0.3) is 41.8 Å². The maximum Gasteiger partial charge on any atom is 0.407 e. The normalized spacial score (nSPS) is 18.7. The third-order valence-electron chi connectivity index (χ3n) is 9.86. The summed E-state index contributed by atoms with van der Waals surface area (Å²) in [5, 5.41) is 15.9. The second-order valence-electron chi connectivity index (χ2n) is 14.1. The molecule has 4 aromatic heterocycles. The Morgan fingerprint density at radius 2 is 1.25 bits per heavy atom. The highest BCUT2D eigenvalue weighted by Gasteiger charge is 2.39. The van der Waals surface area contributed by atoms with E-state index >= 15 is 0 Å². The quantitative estimate of drug-likeness (QED) is 0.117. The van der Waals surface area contributed by atoms with E-state index in [2.05, 4.69) is 30.6 Å². The molecule has 53 heavy (non-hydrogen) atoms. The Balaban J connectivity index is 1.07. The molecule has 4 amide bonds. The van der Waals surface area contributed by atoms with E-state index in [1.54, 1.807) is 22.2 Å². The van der Waals surface area contributed by atoms with Gasteiger partial charge in [-0.3, -0.25) is 9.59 Å². The van der Waals surface area contributed by atoms with Crippen LogP contribution in [0.1, 0.15) is 77.1 Å². The van der Waals surface area contributed by atoms with Crippen LogP contribution in [0.4, 0.5) is 9.59 Å². The van der Waals surface area contributed by atoms with E-state index in [4.69, 9.17) is 14.7 Å². The molecule has 5 N–H and O–H groups in total. The van der Waals surface area contributed by atoms with Gasteiger partial charge < -0.3 is 40.2 Å². The van der Waals surface area contributed by atoms with Gasteiger partial charge in [0.2, 0.25) is 11.8 Å². The minimum absolute atomic E-state index is 0.122. The van der Waals surface area contributed by atoms with Crippen molar-refractivity contribution in [1.82, 2.24) is 50.3 Å². The minimum atomic E-state index is -1.22. The van der Waals surface area contributed by atoms with Gasteiger partial charge in [-0.25, -0.2) is 29.5 Å². The number of ether oxygens (including phenoxy) is 1. The number of thiazole rings is 2. The number of nitrogens with one attached hydrogen (secondary N) is 4. The molecule has 2 saturated heterocycles. The van der Waals surface area contributed by atoms with Crippen LogP contribution in [0.5, 0.6) is 0 Å². The molecular weight excluding hydrogens is 721 g/mol. The summed E-state index contributed by atoms with van der Waals surface area (Å²) in [6.07, 6.45) is 4.72. The van der Waals surface area contributed by atoms with Crippen LogP contribution in [0.3, 0.4) is 0 Å². The lowest BCUT2D eigenvalue weighted by Gasteiger charge is -2.29. The predicted molar refractivity (Wildman–Crippen MR) is 199 cm³/mol. The van der Waals surface area contributed by atoms with E-state index in [-0.39, 0.29) is 35.7 Å². The average Bonchev–Trinajstić information content (AvgIpc) is 3.96. The number of carbonyl (C=O) groups is 4. The van der Waals surface area contributed by atoms with Gasteiger partial charge in [-0.05, 0) is 49.7 Å². The minimum Gasteiger partial charge on any atom is -0.465 e. The van der Waals surface area contributed by atoms with Crippen molar-refractivity contribution in [3.8, 4) is 21.4 Å². The number of nitrogens with zero attached hydrogens (tertiary/aromatic N) is 6. The van der Waals surface area contributed by atoms with Crippen molar-refractivity contribution < 1.29 is 29.0 Å². The second kappa shape index (κ2) is 14.7. The number of methoxy groups -OCH3 is 1. The monoisotopic (exact) mass is 762 g/mol. The number of carboxylic acid groups (broad SMARTS) is 1. The van der Waals surface area contributed by atoms with Crippen LogP contribution in [0.15, 0.2) is 24.5 Å². The van der Waals surface area contributed by atoms with Crippen molar-refractivity contribution in [2.45, 2.75) is 77.5 Å². The van der Waals surface area contributed by atoms with Crippen molar-refractivity contribution in [3.05, 3.63) is 36.2 Å². The molecule has 1 aromatic carbocycles. The number of imidazole rings is 2. The Bertz CT molecular complexity index is 2120. The van der Waals surface area contributed by atoms with Crippen LogP contribution in [0.2, 0.25) is 0 Å². The molecule has 0 radical (unpaired) electrons. The van der Waals surface area contributed by atoms with E-state index in [9.17, 15) is 24.3 Å². The van der Waals surface area contributed by atoms with Crippen LogP contribution < -0.4 is 10.6 Å². The molecule has 0 unspecified atom stereocenters. The Hall–Kier alpha value is -5.10. The van der Waals surface area contributed by atoms with Gasteiger partial charge in [-0.1, -0.05) is 27.7 Å². The molecule has 0 bridgehead atoms. The lowest BCUT2D eigenvalue weighted by molar-refractivity contribution is -0.136. The average molecular weight is 763 g/mol. The molecule has 4 atom stereocenters. The Morgan fingerprint density at radius 3 is 1.66 bits per heavy atom. The molecule has 0 spiro atoms. The fourth-order valence-corrected chi connectivity index (χ4v) is 9.03. The Kier molecular flexibility index (Phi) is 10.1. The highest BCUT2D eigenvalue weighted by atomic mass is 32.1. The summed E-state index contributed by atoms with van der Waals surface area (Å²) in [7, 11) is 1.28. The summed E-state index contributed by atoms with van der Waals surface area (Å²) in [6.45, 7) is 8.52. The molecule has 280 valence electrons. The molecule has 2 aliphatic heterocycles. The van der Waals surface area contributed by atoms with E-state index < -0.39 is 24.3 Å². The number of H-pyrrole nitrogens is 2. The molecule has 5 aromatic rings. The number of carbonyl (C=O) groups excluding carboxylic acids is 3. The lowest BCUT2D eigenvalue weighted by atomic mass is 10.0. The van der Waals surface area contributed by atoms with Crippen molar-refractivity contribution in [1.29, 1.82) is 0 Å². The van der Waals surface area contributed by atoms with Crippen LogP contribution in [-0.4, -0.2) is 101 Å². The highest BCUT2D eigenvalue weighted by Crippen LogP contribution is 2.39. The zero-order valence-electron chi connectivity index (χ0n) is 30.0. The van der Waals surface area contributed by atoms with Gasteiger partial charge in [0.1, 0.15) is 33.7 Å².